The van der Waals surface area contributed by atoms with Crippen LogP contribution in [0.15, 0.2) is 36.9 Å². The SMILES string of the molecule is c1cncc(Nc2cc(NC3CCNC3)ncn2)c1. The first kappa shape index (κ1) is 11.9. The molecule has 0 aliphatic carbocycles. The van der Waals surface area contributed by atoms with Gasteiger partial charge in [0.05, 0.1) is 11.9 Å². The van der Waals surface area contributed by atoms with Crippen molar-refractivity contribution in [2.75, 3.05) is 23.7 Å². The molecule has 1 aliphatic heterocycles. The summed E-state index contributed by atoms with van der Waals surface area (Å²) in [5.41, 5.74) is 0.912. The van der Waals surface area contributed by atoms with Gasteiger partial charge in [-0.15, -0.1) is 0 Å². The quantitative estimate of drug-likeness (QED) is 0.767. The first-order valence-corrected chi connectivity index (χ1v) is 6.36. The van der Waals surface area contributed by atoms with Gasteiger partial charge in [0.2, 0.25) is 0 Å². The Labute approximate surface area is 111 Å². The molecule has 1 unspecified atom stereocenters. The maximum absolute atomic E-state index is 4.24. The van der Waals surface area contributed by atoms with Crippen molar-refractivity contribution in [2.45, 2.75) is 12.5 Å². The second-order valence-electron chi connectivity index (χ2n) is 4.49. The molecular weight excluding hydrogens is 240 g/mol. The Morgan fingerprint density at radius 3 is 3.00 bits per heavy atom. The predicted octanol–water partition coefficient (Wildman–Crippen LogP) is 1.39. The summed E-state index contributed by atoms with van der Waals surface area (Å²) in [5, 5.41) is 9.91. The molecule has 98 valence electrons. The first-order valence-electron chi connectivity index (χ1n) is 6.36. The second-order valence-corrected chi connectivity index (χ2v) is 4.49. The van der Waals surface area contributed by atoms with E-state index in [2.05, 4.69) is 30.9 Å². The molecule has 3 heterocycles. The fourth-order valence-electron chi connectivity index (χ4n) is 2.08. The molecule has 1 aliphatic rings. The van der Waals surface area contributed by atoms with Gasteiger partial charge in [0.1, 0.15) is 18.0 Å². The van der Waals surface area contributed by atoms with Crippen LogP contribution in [0.3, 0.4) is 0 Å². The van der Waals surface area contributed by atoms with E-state index in [9.17, 15) is 0 Å². The van der Waals surface area contributed by atoms with Crippen LogP contribution >= 0.6 is 0 Å². The van der Waals surface area contributed by atoms with Crippen molar-refractivity contribution < 1.29 is 0 Å². The van der Waals surface area contributed by atoms with Gasteiger partial charge in [-0.05, 0) is 25.1 Å². The van der Waals surface area contributed by atoms with Gasteiger partial charge in [-0.1, -0.05) is 0 Å². The molecule has 2 aromatic heterocycles. The lowest BCUT2D eigenvalue weighted by molar-refractivity contribution is 0.787. The third-order valence-corrected chi connectivity index (χ3v) is 3.01. The summed E-state index contributed by atoms with van der Waals surface area (Å²) in [6.45, 7) is 2.04. The lowest BCUT2D eigenvalue weighted by atomic mass is 10.2. The second kappa shape index (κ2) is 5.62. The van der Waals surface area contributed by atoms with Gasteiger partial charge in [-0.3, -0.25) is 4.98 Å². The molecule has 3 N–H and O–H groups in total. The number of aromatic nitrogens is 3. The maximum atomic E-state index is 4.24. The average molecular weight is 256 g/mol. The highest BCUT2D eigenvalue weighted by Crippen LogP contribution is 2.16. The minimum absolute atomic E-state index is 0.446. The lowest BCUT2D eigenvalue weighted by Gasteiger charge is -2.12. The smallest absolute Gasteiger partial charge is 0.135 e. The molecule has 0 amide bonds. The molecule has 1 saturated heterocycles. The fourth-order valence-corrected chi connectivity index (χ4v) is 2.08. The summed E-state index contributed by atoms with van der Waals surface area (Å²) in [5.74, 6) is 1.60. The van der Waals surface area contributed by atoms with Crippen molar-refractivity contribution in [3.8, 4) is 0 Å². The van der Waals surface area contributed by atoms with E-state index in [4.69, 9.17) is 0 Å². The third-order valence-electron chi connectivity index (χ3n) is 3.01. The summed E-state index contributed by atoms with van der Waals surface area (Å²) in [4.78, 5) is 12.5. The number of hydrogen-bond acceptors (Lipinski definition) is 6. The number of nitrogens with zero attached hydrogens (tertiary/aromatic N) is 3. The van der Waals surface area contributed by atoms with Crippen LogP contribution in [0.25, 0.3) is 0 Å². The molecule has 19 heavy (non-hydrogen) atoms. The highest BCUT2D eigenvalue weighted by atomic mass is 15.1. The van der Waals surface area contributed by atoms with Crippen LogP contribution < -0.4 is 16.0 Å². The summed E-state index contributed by atoms with van der Waals surface area (Å²) < 4.78 is 0. The van der Waals surface area contributed by atoms with E-state index < -0.39 is 0 Å². The van der Waals surface area contributed by atoms with Crippen LogP contribution in [-0.4, -0.2) is 34.1 Å². The predicted molar refractivity (Wildman–Crippen MR) is 74.4 cm³/mol. The van der Waals surface area contributed by atoms with E-state index in [1.807, 2.05) is 18.2 Å². The van der Waals surface area contributed by atoms with E-state index in [-0.39, 0.29) is 0 Å². The van der Waals surface area contributed by atoms with Crippen LogP contribution in [0.5, 0.6) is 0 Å². The zero-order valence-corrected chi connectivity index (χ0v) is 10.5. The van der Waals surface area contributed by atoms with Crippen molar-refractivity contribution >= 4 is 17.3 Å². The van der Waals surface area contributed by atoms with Crippen LogP contribution in [0, 0.1) is 0 Å². The van der Waals surface area contributed by atoms with Gasteiger partial charge in [0.15, 0.2) is 0 Å². The molecule has 6 heteroatoms. The Balaban J connectivity index is 1.69. The van der Waals surface area contributed by atoms with Crippen molar-refractivity contribution in [2.24, 2.45) is 0 Å². The first-order chi connectivity index (χ1) is 9.40. The zero-order valence-electron chi connectivity index (χ0n) is 10.5. The van der Waals surface area contributed by atoms with E-state index in [0.717, 1.165) is 36.8 Å². The Morgan fingerprint density at radius 1 is 1.26 bits per heavy atom. The van der Waals surface area contributed by atoms with Crippen LogP contribution in [-0.2, 0) is 0 Å². The van der Waals surface area contributed by atoms with Crippen molar-refractivity contribution in [1.29, 1.82) is 0 Å². The summed E-state index contributed by atoms with van der Waals surface area (Å²) in [6, 6.07) is 6.18. The van der Waals surface area contributed by atoms with E-state index in [1.165, 1.54) is 0 Å². The van der Waals surface area contributed by atoms with Crippen LogP contribution in [0.1, 0.15) is 6.42 Å². The number of hydrogen-bond donors (Lipinski definition) is 3. The van der Waals surface area contributed by atoms with E-state index in [0.29, 0.717) is 6.04 Å². The molecule has 1 fully saturated rings. The van der Waals surface area contributed by atoms with Gasteiger partial charge >= 0.3 is 0 Å². The largest absolute Gasteiger partial charge is 0.366 e. The van der Waals surface area contributed by atoms with Gasteiger partial charge in [-0.2, -0.15) is 0 Å². The van der Waals surface area contributed by atoms with Crippen molar-refractivity contribution in [1.82, 2.24) is 20.3 Å². The number of nitrogens with one attached hydrogen (secondary N) is 3. The Hall–Kier alpha value is -2.21. The topological polar surface area (TPSA) is 74.8 Å². The van der Waals surface area contributed by atoms with Crippen molar-refractivity contribution in [3.63, 3.8) is 0 Å². The van der Waals surface area contributed by atoms with Crippen molar-refractivity contribution in [3.05, 3.63) is 36.9 Å². The average Bonchev–Trinajstić information content (AvgIpc) is 2.93. The molecule has 0 spiro atoms. The Bertz CT molecular complexity index is 524. The minimum Gasteiger partial charge on any atom is -0.366 e. The normalized spacial score (nSPS) is 18.2. The van der Waals surface area contributed by atoms with Gasteiger partial charge in [0.25, 0.3) is 0 Å². The van der Waals surface area contributed by atoms with Gasteiger partial charge in [0, 0.05) is 24.8 Å². The van der Waals surface area contributed by atoms with Crippen LogP contribution in [0.2, 0.25) is 0 Å². The zero-order chi connectivity index (χ0) is 12.9. The molecule has 3 rings (SSSR count). The molecule has 0 radical (unpaired) electrons. The summed E-state index contributed by atoms with van der Waals surface area (Å²) in [6.07, 6.45) is 6.18. The molecule has 6 nitrogen and oxygen atoms in total. The number of anilines is 3. The Kier molecular flexibility index (Phi) is 3.51. The fraction of sp³-hybridized carbons (Fsp3) is 0.308. The standard InChI is InChI=1S/C13H16N6/c1-2-10(7-14-4-1)18-12-6-13(17-9-16-12)19-11-3-5-15-8-11/h1-2,4,6-7,9,11,15H,3,5,8H2,(H2,16,17,18,19). The van der Waals surface area contributed by atoms with Crippen LogP contribution in [0.4, 0.5) is 17.3 Å². The number of pyridine rings is 1. The summed E-state index contributed by atoms with van der Waals surface area (Å²) in [7, 11) is 0. The lowest BCUT2D eigenvalue weighted by Crippen LogP contribution is -2.22. The molecular formula is C13H16N6. The van der Waals surface area contributed by atoms with E-state index >= 15 is 0 Å². The molecule has 0 bridgehead atoms. The Morgan fingerprint density at radius 2 is 2.21 bits per heavy atom. The molecule has 0 saturated carbocycles. The van der Waals surface area contributed by atoms with Gasteiger partial charge in [-0.25, -0.2) is 9.97 Å². The summed E-state index contributed by atoms with van der Waals surface area (Å²) >= 11 is 0. The molecule has 2 aromatic rings. The van der Waals surface area contributed by atoms with E-state index in [1.54, 1.807) is 18.7 Å². The number of rotatable bonds is 4. The monoisotopic (exact) mass is 256 g/mol. The molecule has 0 aromatic carbocycles. The minimum atomic E-state index is 0.446. The third kappa shape index (κ3) is 3.17. The highest BCUT2D eigenvalue weighted by Gasteiger charge is 2.14. The molecule has 1 atom stereocenters. The van der Waals surface area contributed by atoms with Gasteiger partial charge < -0.3 is 16.0 Å². The maximum Gasteiger partial charge on any atom is 0.135 e. The highest BCUT2D eigenvalue weighted by molar-refractivity contribution is 5.57.